The van der Waals surface area contributed by atoms with E-state index < -0.39 is 0 Å². The number of alkyl halides is 1. The average Bonchev–Trinajstić information content (AvgIpc) is 2.79. The van der Waals surface area contributed by atoms with Crippen molar-refractivity contribution in [1.82, 2.24) is 4.98 Å². The zero-order valence-electron chi connectivity index (χ0n) is 8.02. The Hall–Kier alpha value is -0.510. The first-order valence-electron chi connectivity index (χ1n) is 4.54. The fraction of sp³-hybridized carbons (Fsp3) is 0.182. The van der Waals surface area contributed by atoms with Gasteiger partial charge in [-0.1, -0.05) is 6.07 Å². The summed E-state index contributed by atoms with van der Waals surface area (Å²) in [7, 11) is 0. The normalized spacial score (nSPS) is 10.5. The van der Waals surface area contributed by atoms with Crippen molar-refractivity contribution in [3.8, 4) is 0 Å². The van der Waals surface area contributed by atoms with Gasteiger partial charge >= 0.3 is 0 Å². The Kier molecular flexibility index (Phi) is 4.06. The van der Waals surface area contributed by atoms with Crippen LogP contribution in [0.3, 0.4) is 0 Å². The summed E-state index contributed by atoms with van der Waals surface area (Å²) in [5.41, 5.74) is 0.938. The Morgan fingerprint density at radius 1 is 1.40 bits per heavy atom. The molecule has 0 amide bonds. The van der Waals surface area contributed by atoms with Crippen LogP contribution >= 0.6 is 34.7 Å². The molecule has 15 heavy (non-hydrogen) atoms. The maximum Gasteiger partial charge on any atom is 0.0647 e. The second-order valence-corrected chi connectivity index (χ2v) is 5.33. The van der Waals surface area contributed by atoms with Crippen molar-refractivity contribution < 1.29 is 0 Å². The monoisotopic (exact) mass is 255 g/mol. The predicted molar refractivity (Wildman–Crippen MR) is 67.7 cm³/mol. The van der Waals surface area contributed by atoms with Crippen LogP contribution < -0.4 is 0 Å². The summed E-state index contributed by atoms with van der Waals surface area (Å²) < 4.78 is 0. The van der Waals surface area contributed by atoms with E-state index >= 15 is 0 Å². The van der Waals surface area contributed by atoms with Gasteiger partial charge in [0.25, 0.3) is 0 Å². The predicted octanol–water partition coefficient (Wildman–Crippen LogP) is 4.17. The number of pyridine rings is 1. The van der Waals surface area contributed by atoms with Gasteiger partial charge in [-0.3, -0.25) is 4.98 Å². The van der Waals surface area contributed by atoms with Crippen LogP contribution in [0.2, 0.25) is 0 Å². The molecule has 1 nitrogen and oxygen atoms in total. The Morgan fingerprint density at radius 3 is 3.07 bits per heavy atom. The fourth-order valence-corrected chi connectivity index (χ4v) is 3.03. The summed E-state index contributed by atoms with van der Waals surface area (Å²) in [5, 5.41) is 2.10. The second-order valence-electron chi connectivity index (χ2n) is 2.98. The van der Waals surface area contributed by atoms with Gasteiger partial charge in [-0.2, -0.15) is 0 Å². The average molecular weight is 256 g/mol. The first-order valence-corrected chi connectivity index (χ1v) is 6.94. The lowest BCUT2D eigenvalue weighted by Gasteiger charge is -2.01. The van der Waals surface area contributed by atoms with Crippen LogP contribution in [0.4, 0.5) is 0 Å². The van der Waals surface area contributed by atoms with Crippen LogP contribution in [-0.4, -0.2) is 4.98 Å². The lowest BCUT2D eigenvalue weighted by molar-refractivity contribution is 1.13. The second kappa shape index (κ2) is 5.54. The number of hydrogen-bond acceptors (Lipinski definition) is 3. The van der Waals surface area contributed by atoms with Gasteiger partial charge in [0.1, 0.15) is 0 Å². The molecule has 0 saturated carbocycles. The summed E-state index contributed by atoms with van der Waals surface area (Å²) in [5.74, 6) is 1.50. The van der Waals surface area contributed by atoms with Crippen LogP contribution in [-0.2, 0) is 11.6 Å². The van der Waals surface area contributed by atoms with Crippen molar-refractivity contribution in [2.24, 2.45) is 0 Å². The van der Waals surface area contributed by atoms with E-state index in [1.807, 2.05) is 30.1 Å². The number of hydrogen-bond donors (Lipinski definition) is 0. The molecule has 0 radical (unpaired) electrons. The van der Waals surface area contributed by atoms with Gasteiger partial charge in [0, 0.05) is 21.7 Å². The molecule has 0 aromatic carbocycles. The number of aromatic nitrogens is 1. The Labute approximate surface area is 103 Å². The van der Waals surface area contributed by atoms with E-state index in [1.54, 1.807) is 11.3 Å². The quantitative estimate of drug-likeness (QED) is 0.601. The topological polar surface area (TPSA) is 12.9 Å². The van der Waals surface area contributed by atoms with E-state index in [-0.39, 0.29) is 0 Å². The molecule has 0 aliphatic rings. The molecule has 2 aromatic heterocycles. The summed E-state index contributed by atoms with van der Waals surface area (Å²) in [4.78, 5) is 6.78. The maximum absolute atomic E-state index is 5.73. The Balaban J connectivity index is 1.98. The highest BCUT2D eigenvalue weighted by Crippen LogP contribution is 2.25. The van der Waals surface area contributed by atoms with Crippen molar-refractivity contribution >= 4 is 34.7 Å². The van der Waals surface area contributed by atoms with E-state index in [0.29, 0.717) is 5.88 Å². The fourth-order valence-electron chi connectivity index (χ4n) is 1.17. The summed E-state index contributed by atoms with van der Waals surface area (Å²) >= 11 is 9.34. The van der Waals surface area contributed by atoms with Crippen LogP contribution in [0.1, 0.15) is 10.6 Å². The Morgan fingerprint density at radius 2 is 2.33 bits per heavy atom. The minimum Gasteiger partial charge on any atom is -0.260 e. The molecule has 2 aromatic rings. The van der Waals surface area contributed by atoms with Crippen molar-refractivity contribution in [3.63, 3.8) is 0 Å². The van der Waals surface area contributed by atoms with Gasteiger partial charge < -0.3 is 0 Å². The number of thioether (sulfide) groups is 1. The molecule has 78 valence electrons. The number of nitrogens with zero attached hydrogens (tertiary/aromatic N) is 1. The minimum absolute atomic E-state index is 0.480. The summed E-state index contributed by atoms with van der Waals surface area (Å²) in [6.45, 7) is 0. The summed E-state index contributed by atoms with van der Waals surface area (Å²) in [6, 6.07) is 8.30. The van der Waals surface area contributed by atoms with Crippen LogP contribution in [0.5, 0.6) is 0 Å². The number of rotatable bonds is 4. The van der Waals surface area contributed by atoms with E-state index in [2.05, 4.69) is 22.5 Å². The molecule has 0 saturated heterocycles. The van der Waals surface area contributed by atoms with Crippen LogP contribution in [0, 0.1) is 0 Å². The molecule has 0 aliphatic carbocycles. The molecule has 0 fully saturated rings. The SMILES string of the molecule is ClCc1cc(SCc2cccs2)ccn1. The van der Waals surface area contributed by atoms with Crippen molar-refractivity contribution in [2.45, 2.75) is 16.5 Å². The van der Waals surface area contributed by atoms with Crippen LogP contribution in [0.25, 0.3) is 0 Å². The van der Waals surface area contributed by atoms with Crippen molar-refractivity contribution in [2.75, 3.05) is 0 Å². The van der Waals surface area contributed by atoms with Gasteiger partial charge in [-0.15, -0.1) is 34.7 Å². The molecular weight excluding hydrogens is 246 g/mol. The molecular formula is C11H10ClNS2. The minimum atomic E-state index is 0.480. The van der Waals surface area contributed by atoms with Gasteiger partial charge in [-0.05, 0) is 23.6 Å². The molecule has 0 N–H and O–H groups in total. The van der Waals surface area contributed by atoms with Gasteiger partial charge in [0.15, 0.2) is 0 Å². The molecule has 2 heterocycles. The molecule has 2 rings (SSSR count). The van der Waals surface area contributed by atoms with Gasteiger partial charge in [0.2, 0.25) is 0 Å². The zero-order valence-corrected chi connectivity index (χ0v) is 10.4. The van der Waals surface area contributed by atoms with Gasteiger partial charge in [0.05, 0.1) is 11.6 Å². The lowest BCUT2D eigenvalue weighted by atomic mass is 10.4. The molecule has 0 aliphatic heterocycles. The third-order valence-corrected chi connectivity index (χ3v) is 4.26. The highest BCUT2D eigenvalue weighted by molar-refractivity contribution is 7.98. The third-order valence-electron chi connectivity index (χ3n) is 1.89. The van der Waals surface area contributed by atoms with E-state index in [1.165, 1.54) is 9.77 Å². The van der Waals surface area contributed by atoms with Gasteiger partial charge in [-0.25, -0.2) is 0 Å². The molecule has 0 atom stereocenters. The first kappa shape index (κ1) is 11.0. The van der Waals surface area contributed by atoms with E-state index in [0.717, 1.165) is 11.4 Å². The Bertz CT molecular complexity index is 414. The van der Waals surface area contributed by atoms with Crippen molar-refractivity contribution in [1.29, 1.82) is 0 Å². The van der Waals surface area contributed by atoms with Crippen molar-refractivity contribution in [3.05, 3.63) is 46.4 Å². The third kappa shape index (κ3) is 3.23. The number of thiophene rings is 1. The maximum atomic E-state index is 5.73. The van der Waals surface area contributed by atoms with Crippen LogP contribution in [0.15, 0.2) is 40.7 Å². The summed E-state index contributed by atoms with van der Waals surface area (Å²) in [6.07, 6.45) is 1.81. The standard InChI is InChI=1S/C11H10ClNS2/c12-7-9-6-10(3-4-13-9)15-8-11-2-1-5-14-11/h1-6H,7-8H2. The lowest BCUT2D eigenvalue weighted by Crippen LogP contribution is -1.84. The first-order chi connectivity index (χ1) is 7.38. The smallest absolute Gasteiger partial charge is 0.0647 e. The largest absolute Gasteiger partial charge is 0.260 e. The molecule has 0 bridgehead atoms. The molecule has 4 heteroatoms. The zero-order chi connectivity index (χ0) is 10.5. The highest BCUT2D eigenvalue weighted by Gasteiger charge is 1.99. The number of halogens is 1. The molecule has 0 unspecified atom stereocenters. The highest BCUT2D eigenvalue weighted by atomic mass is 35.5. The molecule has 0 spiro atoms. The van der Waals surface area contributed by atoms with E-state index in [9.17, 15) is 0 Å². The van der Waals surface area contributed by atoms with E-state index in [4.69, 9.17) is 11.6 Å².